The number of nitrogens with zero attached hydrogens (tertiary/aromatic N) is 2. The smallest absolute Gasteiger partial charge is 0.410 e. The second-order valence-electron chi connectivity index (χ2n) is 8.40. The van der Waals surface area contributed by atoms with Crippen LogP contribution in [0.4, 0.5) is 21.9 Å². The van der Waals surface area contributed by atoms with Crippen LogP contribution in [0.3, 0.4) is 0 Å². The van der Waals surface area contributed by atoms with Gasteiger partial charge in [0.2, 0.25) is 0 Å². The van der Waals surface area contributed by atoms with Gasteiger partial charge in [-0.05, 0) is 63.6 Å². The molecule has 2 aromatic carbocycles. The second-order valence-corrected chi connectivity index (χ2v) is 8.40. The van der Waals surface area contributed by atoms with Gasteiger partial charge in [-0.3, -0.25) is 4.79 Å². The molecule has 0 aromatic heterocycles. The number of para-hydroxylation sites is 2. The summed E-state index contributed by atoms with van der Waals surface area (Å²) in [6.07, 6.45) is 0.589. The molecule has 0 atom stereocenters. The minimum atomic E-state index is -0.496. The van der Waals surface area contributed by atoms with Crippen molar-refractivity contribution in [2.75, 3.05) is 42.1 Å². The molecule has 1 aliphatic rings. The van der Waals surface area contributed by atoms with Gasteiger partial charge in [-0.15, -0.1) is 0 Å². The lowest BCUT2D eigenvalue weighted by Gasteiger charge is -2.27. The van der Waals surface area contributed by atoms with E-state index in [4.69, 9.17) is 10.5 Å². The SMILES string of the molecule is CC(C)(C)OC(=O)N1CCCN(c2ccc(C(=O)Nc3ccccc3N)cc2)CC1. The van der Waals surface area contributed by atoms with E-state index in [0.29, 0.717) is 36.6 Å². The summed E-state index contributed by atoms with van der Waals surface area (Å²) in [5, 5.41) is 2.84. The number of carbonyl (C=O) groups excluding carboxylic acids is 2. The van der Waals surface area contributed by atoms with Crippen LogP contribution in [0.2, 0.25) is 0 Å². The summed E-state index contributed by atoms with van der Waals surface area (Å²) in [6, 6.07) is 14.7. The molecule has 0 spiro atoms. The largest absolute Gasteiger partial charge is 0.444 e. The van der Waals surface area contributed by atoms with E-state index >= 15 is 0 Å². The highest BCUT2D eigenvalue weighted by molar-refractivity contribution is 6.05. The Balaban J connectivity index is 1.60. The molecular weight excluding hydrogens is 380 g/mol. The highest BCUT2D eigenvalue weighted by Gasteiger charge is 2.24. The molecule has 7 nitrogen and oxygen atoms in total. The van der Waals surface area contributed by atoms with Crippen LogP contribution in [0.15, 0.2) is 48.5 Å². The highest BCUT2D eigenvalue weighted by atomic mass is 16.6. The minimum Gasteiger partial charge on any atom is -0.444 e. The number of carbonyl (C=O) groups is 2. The van der Waals surface area contributed by atoms with Crippen LogP contribution >= 0.6 is 0 Å². The second kappa shape index (κ2) is 9.07. The molecule has 0 radical (unpaired) electrons. The summed E-state index contributed by atoms with van der Waals surface area (Å²) in [4.78, 5) is 28.8. The summed E-state index contributed by atoms with van der Waals surface area (Å²) in [6.45, 7) is 8.45. The molecule has 160 valence electrons. The number of hydrogen-bond acceptors (Lipinski definition) is 5. The maximum atomic E-state index is 12.5. The first kappa shape index (κ1) is 21.5. The Labute approximate surface area is 177 Å². The summed E-state index contributed by atoms with van der Waals surface area (Å²) >= 11 is 0. The van der Waals surface area contributed by atoms with Crippen molar-refractivity contribution in [1.29, 1.82) is 0 Å². The number of nitrogens with two attached hydrogens (primary N) is 1. The van der Waals surface area contributed by atoms with Gasteiger partial charge in [-0.1, -0.05) is 12.1 Å². The molecule has 30 heavy (non-hydrogen) atoms. The van der Waals surface area contributed by atoms with Gasteiger partial charge in [0, 0.05) is 37.4 Å². The molecule has 2 amide bonds. The number of nitrogen functional groups attached to an aromatic ring is 1. The molecule has 1 heterocycles. The fraction of sp³-hybridized carbons (Fsp3) is 0.391. The molecule has 0 bridgehead atoms. The molecule has 0 saturated carbocycles. The normalized spacial score (nSPS) is 14.8. The van der Waals surface area contributed by atoms with Crippen LogP contribution in [-0.2, 0) is 4.74 Å². The molecule has 2 aromatic rings. The predicted octanol–water partition coefficient (Wildman–Crippen LogP) is 3.97. The van der Waals surface area contributed by atoms with Gasteiger partial charge in [0.25, 0.3) is 5.91 Å². The fourth-order valence-corrected chi connectivity index (χ4v) is 3.31. The van der Waals surface area contributed by atoms with E-state index in [9.17, 15) is 9.59 Å². The van der Waals surface area contributed by atoms with Gasteiger partial charge < -0.3 is 25.6 Å². The Bertz CT molecular complexity index is 890. The maximum Gasteiger partial charge on any atom is 0.410 e. The van der Waals surface area contributed by atoms with Crippen LogP contribution in [0.1, 0.15) is 37.6 Å². The monoisotopic (exact) mass is 410 g/mol. The van der Waals surface area contributed by atoms with Crippen molar-refractivity contribution < 1.29 is 14.3 Å². The zero-order valence-corrected chi connectivity index (χ0v) is 17.9. The lowest BCUT2D eigenvalue weighted by Crippen LogP contribution is -2.39. The molecule has 3 N–H and O–H groups in total. The quantitative estimate of drug-likeness (QED) is 0.748. The van der Waals surface area contributed by atoms with Crippen LogP contribution < -0.4 is 16.0 Å². The van der Waals surface area contributed by atoms with Gasteiger partial charge in [0.1, 0.15) is 5.60 Å². The average molecular weight is 411 g/mol. The van der Waals surface area contributed by atoms with Gasteiger partial charge in [-0.25, -0.2) is 4.79 Å². The lowest BCUT2D eigenvalue weighted by atomic mass is 10.1. The van der Waals surface area contributed by atoms with Crippen LogP contribution in [-0.4, -0.2) is 48.7 Å². The van der Waals surface area contributed by atoms with Crippen molar-refractivity contribution in [3.63, 3.8) is 0 Å². The predicted molar refractivity (Wildman–Crippen MR) is 120 cm³/mol. The van der Waals surface area contributed by atoms with Gasteiger partial charge >= 0.3 is 6.09 Å². The average Bonchev–Trinajstić information content (AvgIpc) is 2.95. The third kappa shape index (κ3) is 5.65. The summed E-state index contributed by atoms with van der Waals surface area (Å²) in [7, 11) is 0. The van der Waals surface area contributed by atoms with Crippen molar-refractivity contribution in [3.05, 3.63) is 54.1 Å². The van der Waals surface area contributed by atoms with E-state index in [-0.39, 0.29) is 12.0 Å². The molecule has 3 rings (SSSR count). The Morgan fingerprint density at radius 3 is 2.33 bits per heavy atom. The van der Waals surface area contributed by atoms with E-state index in [0.717, 1.165) is 18.7 Å². The summed E-state index contributed by atoms with van der Waals surface area (Å²) < 4.78 is 5.49. The first-order valence-electron chi connectivity index (χ1n) is 10.2. The number of rotatable bonds is 3. The van der Waals surface area contributed by atoms with Crippen molar-refractivity contribution in [1.82, 2.24) is 4.90 Å². The summed E-state index contributed by atoms with van der Waals surface area (Å²) in [5.41, 5.74) is 8.11. The first-order valence-corrected chi connectivity index (χ1v) is 10.2. The number of benzene rings is 2. The molecule has 0 unspecified atom stereocenters. The van der Waals surface area contributed by atoms with Crippen molar-refractivity contribution in [2.24, 2.45) is 0 Å². The van der Waals surface area contributed by atoms with Crippen LogP contribution in [0.5, 0.6) is 0 Å². The molecule has 0 aliphatic carbocycles. The highest BCUT2D eigenvalue weighted by Crippen LogP contribution is 2.21. The molecule has 7 heteroatoms. The van der Waals surface area contributed by atoms with E-state index in [1.165, 1.54) is 0 Å². The number of amides is 2. The minimum absolute atomic E-state index is 0.202. The van der Waals surface area contributed by atoms with Gasteiger partial charge in [0.05, 0.1) is 11.4 Å². The third-order valence-electron chi connectivity index (χ3n) is 4.85. The fourth-order valence-electron chi connectivity index (χ4n) is 3.31. The molecular formula is C23H30N4O3. The Morgan fingerprint density at radius 1 is 0.967 bits per heavy atom. The van der Waals surface area contributed by atoms with E-state index < -0.39 is 5.60 Å². The molecule has 1 aliphatic heterocycles. The topological polar surface area (TPSA) is 87.9 Å². The summed E-state index contributed by atoms with van der Waals surface area (Å²) in [5.74, 6) is -0.202. The van der Waals surface area contributed by atoms with Gasteiger partial charge in [-0.2, -0.15) is 0 Å². The zero-order valence-electron chi connectivity index (χ0n) is 17.9. The van der Waals surface area contributed by atoms with Crippen molar-refractivity contribution in [2.45, 2.75) is 32.8 Å². The van der Waals surface area contributed by atoms with Crippen LogP contribution in [0, 0.1) is 0 Å². The Kier molecular flexibility index (Phi) is 6.50. The van der Waals surface area contributed by atoms with Crippen molar-refractivity contribution >= 4 is 29.1 Å². The van der Waals surface area contributed by atoms with E-state index in [2.05, 4.69) is 10.2 Å². The Hall–Kier alpha value is -3.22. The van der Waals surface area contributed by atoms with Crippen molar-refractivity contribution in [3.8, 4) is 0 Å². The number of anilines is 3. The van der Waals surface area contributed by atoms with Crippen LogP contribution in [0.25, 0.3) is 0 Å². The molecule has 1 fully saturated rings. The van der Waals surface area contributed by atoms with E-state index in [1.807, 2.05) is 45.0 Å². The number of hydrogen-bond donors (Lipinski definition) is 2. The number of nitrogens with one attached hydrogen (secondary N) is 1. The standard InChI is InChI=1S/C23H30N4O3/c1-23(2,3)30-22(29)27-14-6-13-26(15-16-27)18-11-9-17(10-12-18)21(28)25-20-8-5-4-7-19(20)24/h4-5,7-12H,6,13-16,24H2,1-3H3,(H,25,28). The lowest BCUT2D eigenvalue weighted by molar-refractivity contribution is 0.0263. The van der Waals surface area contributed by atoms with E-state index in [1.54, 1.807) is 29.2 Å². The van der Waals surface area contributed by atoms with Gasteiger partial charge in [0.15, 0.2) is 0 Å². The zero-order chi connectivity index (χ0) is 21.7. The maximum absolute atomic E-state index is 12.5. The number of ether oxygens (including phenoxy) is 1. The molecule has 1 saturated heterocycles. The third-order valence-corrected chi connectivity index (χ3v) is 4.85. The first-order chi connectivity index (χ1) is 14.2. The Morgan fingerprint density at radius 2 is 1.67 bits per heavy atom.